The first-order valence-electron chi connectivity index (χ1n) is 8.02. The van der Waals surface area contributed by atoms with Crippen molar-refractivity contribution in [3.05, 3.63) is 29.8 Å². The number of imide groups is 1. The topological polar surface area (TPSA) is 105 Å². The van der Waals surface area contributed by atoms with Gasteiger partial charge in [0.05, 0.1) is 5.56 Å². The Hall–Kier alpha value is -2.57. The lowest BCUT2D eigenvalue weighted by Crippen LogP contribution is -2.48. The zero-order valence-corrected chi connectivity index (χ0v) is 13.6. The number of amides is 3. The molecule has 7 nitrogen and oxygen atoms in total. The summed E-state index contributed by atoms with van der Waals surface area (Å²) in [7, 11) is 0. The highest BCUT2D eigenvalue weighted by Gasteiger charge is 2.23. The lowest BCUT2D eigenvalue weighted by molar-refractivity contribution is -0.123. The molecule has 130 valence electrons. The molecule has 0 aromatic heterocycles. The number of carbonyl (C=O) groups excluding carboxylic acids is 3. The van der Waals surface area contributed by atoms with Gasteiger partial charge in [-0.3, -0.25) is 10.1 Å². The van der Waals surface area contributed by atoms with Crippen LogP contribution in [0.3, 0.4) is 0 Å². The van der Waals surface area contributed by atoms with Gasteiger partial charge in [0.15, 0.2) is 6.61 Å². The Morgan fingerprint density at radius 3 is 2.71 bits per heavy atom. The van der Waals surface area contributed by atoms with E-state index in [2.05, 4.69) is 17.6 Å². The van der Waals surface area contributed by atoms with Crippen LogP contribution in [0.2, 0.25) is 0 Å². The van der Waals surface area contributed by atoms with Gasteiger partial charge in [-0.25, -0.2) is 9.59 Å². The molecule has 24 heavy (non-hydrogen) atoms. The van der Waals surface area contributed by atoms with Gasteiger partial charge in [0.25, 0.3) is 5.91 Å². The van der Waals surface area contributed by atoms with Crippen molar-refractivity contribution in [2.24, 2.45) is 5.92 Å². The third-order valence-electron chi connectivity index (χ3n) is 4.10. The summed E-state index contributed by atoms with van der Waals surface area (Å²) in [5, 5.41) is 14.2. The molecule has 0 bridgehead atoms. The van der Waals surface area contributed by atoms with Crippen LogP contribution in [-0.4, -0.2) is 35.7 Å². The van der Waals surface area contributed by atoms with Gasteiger partial charge in [-0.1, -0.05) is 25.8 Å². The molecule has 3 N–H and O–H groups in total. The van der Waals surface area contributed by atoms with Crippen molar-refractivity contribution in [1.82, 2.24) is 10.6 Å². The minimum absolute atomic E-state index is 0.0568. The van der Waals surface area contributed by atoms with Gasteiger partial charge in [0.1, 0.15) is 5.75 Å². The second-order valence-corrected chi connectivity index (χ2v) is 6.02. The number of hydrogen-bond acceptors (Lipinski definition) is 5. The van der Waals surface area contributed by atoms with Crippen LogP contribution in [0, 0.1) is 5.92 Å². The summed E-state index contributed by atoms with van der Waals surface area (Å²) in [5.41, 5.74) is 0.128. The summed E-state index contributed by atoms with van der Waals surface area (Å²) in [6.07, 6.45) is 4.17. The smallest absolute Gasteiger partial charge is 0.338 e. The van der Waals surface area contributed by atoms with E-state index in [-0.39, 0.29) is 17.4 Å². The highest BCUT2D eigenvalue weighted by Crippen LogP contribution is 2.23. The number of phenolic OH excluding ortho intramolecular Hbond substituents is 1. The van der Waals surface area contributed by atoms with E-state index in [1.54, 1.807) is 0 Å². The number of rotatable bonds is 4. The Morgan fingerprint density at radius 2 is 2.00 bits per heavy atom. The second kappa shape index (κ2) is 8.33. The molecular formula is C17H22N2O5. The van der Waals surface area contributed by atoms with Gasteiger partial charge in [-0.2, -0.15) is 0 Å². The van der Waals surface area contributed by atoms with Gasteiger partial charge in [0.2, 0.25) is 0 Å². The minimum Gasteiger partial charge on any atom is -0.508 e. The Labute approximate surface area is 140 Å². The Bertz CT molecular complexity index is 617. The van der Waals surface area contributed by atoms with Crippen LogP contribution in [0.5, 0.6) is 5.75 Å². The largest absolute Gasteiger partial charge is 0.508 e. The first-order chi connectivity index (χ1) is 11.5. The van der Waals surface area contributed by atoms with Gasteiger partial charge < -0.3 is 15.2 Å². The summed E-state index contributed by atoms with van der Waals surface area (Å²) < 4.78 is 4.81. The number of aromatic hydroxyl groups is 1. The SMILES string of the molecule is C[C@@H]1CCCC[C@@H]1NC(=O)NC(=O)COC(=O)c1cccc(O)c1. The number of benzene rings is 1. The van der Waals surface area contributed by atoms with Crippen LogP contribution in [0.1, 0.15) is 43.0 Å². The molecule has 0 radical (unpaired) electrons. The molecule has 2 atom stereocenters. The number of esters is 1. The van der Waals surface area contributed by atoms with Crippen molar-refractivity contribution >= 4 is 17.9 Å². The minimum atomic E-state index is -0.748. The maximum atomic E-state index is 11.8. The molecule has 2 rings (SSSR count). The summed E-state index contributed by atoms with van der Waals surface area (Å²) in [5.74, 6) is -1.15. The summed E-state index contributed by atoms with van der Waals surface area (Å²) in [4.78, 5) is 35.2. The first-order valence-corrected chi connectivity index (χ1v) is 8.02. The molecule has 1 saturated carbocycles. The van der Waals surface area contributed by atoms with Crippen LogP contribution in [-0.2, 0) is 9.53 Å². The zero-order chi connectivity index (χ0) is 17.5. The summed E-state index contributed by atoms with van der Waals surface area (Å²) >= 11 is 0. The number of carbonyl (C=O) groups is 3. The molecule has 7 heteroatoms. The standard InChI is InChI=1S/C17H22N2O5/c1-11-5-2-3-8-14(11)18-17(23)19-15(21)10-24-16(22)12-6-4-7-13(20)9-12/h4,6-7,9,11,14,20H,2-3,5,8,10H2,1H3,(H2,18,19,21,23)/t11-,14+/m1/s1. The molecule has 1 aliphatic carbocycles. The fourth-order valence-electron chi connectivity index (χ4n) is 2.75. The Kier molecular flexibility index (Phi) is 6.17. The van der Waals surface area contributed by atoms with Crippen molar-refractivity contribution in [1.29, 1.82) is 0 Å². The second-order valence-electron chi connectivity index (χ2n) is 6.02. The predicted molar refractivity (Wildman–Crippen MR) is 86.5 cm³/mol. The maximum absolute atomic E-state index is 11.8. The highest BCUT2D eigenvalue weighted by atomic mass is 16.5. The normalized spacial score (nSPS) is 20.0. The molecule has 1 aromatic carbocycles. The number of phenols is 1. The van der Waals surface area contributed by atoms with E-state index in [0.29, 0.717) is 5.92 Å². The third-order valence-corrected chi connectivity index (χ3v) is 4.10. The number of ether oxygens (including phenoxy) is 1. The summed E-state index contributed by atoms with van der Waals surface area (Å²) in [6, 6.07) is 5.08. The number of hydrogen-bond donors (Lipinski definition) is 3. The van der Waals surface area contributed by atoms with Crippen molar-refractivity contribution in [3.63, 3.8) is 0 Å². The molecule has 0 unspecified atom stereocenters. The van der Waals surface area contributed by atoms with Crippen molar-refractivity contribution in [3.8, 4) is 5.75 Å². The molecular weight excluding hydrogens is 312 g/mol. The predicted octanol–water partition coefficient (Wildman–Crippen LogP) is 1.95. The van der Waals surface area contributed by atoms with Crippen LogP contribution >= 0.6 is 0 Å². The van der Waals surface area contributed by atoms with Crippen molar-refractivity contribution in [2.45, 2.75) is 38.6 Å². The molecule has 0 saturated heterocycles. The number of nitrogens with one attached hydrogen (secondary N) is 2. The van der Waals surface area contributed by atoms with E-state index in [0.717, 1.165) is 25.7 Å². The van der Waals surface area contributed by atoms with E-state index in [1.165, 1.54) is 24.3 Å². The fourth-order valence-corrected chi connectivity index (χ4v) is 2.75. The molecule has 1 fully saturated rings. The van der Waals surface area contributed by atoms with E-state index < -0.39 is 24.5 Å². The molecule has 0 aliphatic heterocycles. The van der Waals surface area contributed by atoms with E-state index >= 15 is 0 Å². The molecule has 1 aromatic rings. The average Bonchev–Trinajstić information content (AvgIpc) is 2.54. The molecule has 3 amide bonds. The maximum Gasteiger partial charge on any atom is 0.338 e. The van der Waals surface area contributed by atoms with Gasteiger partial charge in [-0.15, -0.1) is 0 Å². The van der Waals surface area contributed by atoms with Crippen molar-refractivity contribution in [2.75, 3.05) is 6.61 Å². The fraction of sp³-hybridized carbons (Fsp3) is 0.471. The van der Waals surface area contributed by atoms with Gasteiger partial charge in [0, 0.05) is 6.04 Å². The van der Waals surface area contributed by atoms with E-state index in [9.17, 15) is 19.5 Å². The molecule has 1 aliphatic rings. The Balaban J connectivity index is 1.74. The van der Waals surface area contributed by atoms with Crippen LogP contribution in [0.25, 0.3) is 0 Å². The zero-order valence-electron chi connectivity index (χ0n) is 13.6. The molecule has 0 spiro atoms. The van der Waals surface area contributed by atoms with Crippen LogP contribution < -0.4 is 10.6 Å². The lowest BCUT2D eigenvalue weighted by atomic mass is 9.86. The van der Waals surface area contributed by atoms with Crippen LogP contribution in [0.4, 0.5) is 4.79 Å². The third kappa shape index (κ3) is 5.26. The Morgan fingerprint density at radius 1 is 1.25 bits per heavy atom. The summed E-state index contributed by atoms with van der Waals surface area (Å²) in [6.45, 7) is 1.51. The average molecular weight is 334 g/mol. The van der Waals surface area contributed by atoms with E-state index in [1.807, 2.05) is 0 Å². The van der Waals surface area contributed by atoms with Gasteiger partial charge >= 0.3 is 12.0 Å². The van der Waals surface area contributed by atoms with Crippen LogP contribution in [0.15, 0.2) is 24.3 Å². The van der Waals surface area contributed by atoms with Crippen molar-refractivity contribution < 1.29 is 24.2 Å². The quantitative estimate of drug-likeness (QED) is 0.730. The molecule has 0 heterocycles. The number of urea groups is 1. The van der Waals surface area contributed by atoms with E-state index in [4.69, 9.17) is 4.74 Å². The first kappa shape index (κ1) is 17.8. The lowest BCUT2D eigenvalue weighted by Gasteiger charge is -2.29. The monoisotopic (exact) mass is 334 g/mol. The van der Waals surface area contributed by atoms with Gasteiger partial charge in [-0.05, 0) is 37.0 Å². The highest BCUT2D eigenvalue weighted by molar-refractivity contribution is 5.97.